The number of ether oxygens (including phenoxy) is 1. The zero-order chi connectivity index (χ0) is 16.1. The van der Waals surface area contributed by atoms with Crippen molar-refractivity contribution in [3.05, 3.63) is 28.8 Å². The summed E-state index contributed by atoms with van der Waals surface area (Å²) in [5, 5.41) is 3.38. The van der Waals surface area contributed by atoms with Crippen LogP contribution in [-0.4, -0.2) is 43.0 Å². The van der Waals surface area contributed by atoms with Crippen LogP contribution in [0, 0.1) is 0 Å². The lowest BCUT2D eigenvalue weighted by Gasteiger charge is -2.33. The molecule has 6 heteroatoms. The van der Waals surface area contributed by atoms with Gasteiger partial charge in [-0.05, 0) is 44.4 Å². The first-order valence-corrected chi connectivity index (χ1v) is 7.82. The number of nitrogens with one attached hydrogen (secondary N) is 1. The van der Waals surface area contributed by atoms with Crippen LogP contribution in [0.3, 0.4) is 0 Å². The van der Waals surface area contributed by atoms with E-state index in [0.717, 1.165) is 19.4 Å². The largest absolute Gasteiger partial charge is 0.465 e. The normalized spacial score (nSPS) is 18.0. The molecule has 22 heavy (non-hydrogen) atoms. The number of carbonyl (C=O) groups excluding carboxylic acids is 2. The molecule has 0 radical (unpaired) electrons. The Labute approximate surface area is 135 Å². The SMILES string of the molecule is COC(=O)c1cc(NCC(=O)N2CCCC[C@H]2C)ccc1Cl. The van der Waals surface area contributed by atoms with E-state index in [-0.39, 0.29) is 18.0 Å². The van der Waals surface area contributed by atoms with Crippen LogP contribution in [0.4, 0.5) is 5.69 Å². The van der Waals surface area contributed by atoms with Gasteiger partial charge in [0.1, 0.15) is 0 Å². The van der Waals surface area contributed by atoms with E-state index in [0.29, 0.717) is 16.8 Å². The Kier molecular flexibility index (Phi) is 5.66. The van der Waals surface area contributed by atoms with Gasteiger partial charge in [0, 0.05) is 18.3 Å². The summed E-state index contributed by atoms with van der Waals surface area (Å²) < 4.78 is 4.68. The number of rotatable bonds is 4. The minimum atomic E-state index is -0.496. The summed E-state index contributed by atoms with van der Waals surface area (Å²) in [5.41, 5.74) is 0.954. The van der Waals surface area contributed by atoms with Gasteiger partial charge < -0.3 is 15.0 Å². The van der Waals surface area contributed by atoms with Crippen molar-refractivity contribution in [2.45, 2.75) is 32.2 Å². The molecule has 0 unspecified atom stereocenters. The monoisotopic (exact) mass is 324 g/mol. The van der Waals surface area contributed by atoms with E-state index in [2.05, 4.69) is 17.0 Å². The quantitative estimate of drug-likeness (QED) is 0.865. The Hall–Kier alpha value is -1.75. The Balaban J connectivity index is 1.99. The molecule has 1 amide bonds. The van der Waals surface area contributed by atoms with Crippen molar-refractivity contribution < 1.29 is 14.3 Å². The lowest BCUT2D eigenvalue weighted by atomic mass is 10.0. The molecule has 120 valence electrons. The second-order valence-corrected chi connectivity index (χ2v) is 5.88. The maximum Gasteiger partial charge on any atom is 0.339 e. The first-order chi connectivity index (χ1) is 10.5. The van der Waals surface area contributed by atoms with Gasteiger partial charge in [0.05, 0.1) is 24.2 Å². The van der Waals surface area contributed by atoms with Gasteiger partial charge in [0.15, 0.2) is 0 Å². The molecule has 0 aromatic heterocycles. The van der Waals surface area contributed by atoms with Crippen molar-refractivity contribution >= 4 is 29.2 Å². The molecule has 1 N–H and O–H groups in total. The lowest BCUT2D eigenvalue weighted by molar-refractivity contribution is -0.132. The first kappa shape index (κ1) is 16.6. The number of hydrogen-bond donors (Lipinski definition) is 1. The van der Waals surface area contributed by atoms with Crippen molar-refractivity contribution in [1.82, 2.24) is 4.90 Å². The van der Waals surface area contributed by atoms with Crippen LogP contribution < -0.4 is 5.32 Å². The Morgan fingerprint density at radius 2 is 2.18 bits per heavy atom. The van der Waals surface area contributed by atoms with Crippen LogP contribution in [0.2, 0.25) is 5.02 Å². The number of halogens is 1. The first-order valence-electron chi connectivity index (χ1n) is 7.44. The number of benzene rings is 1. The minimum absolute atomic E-state index is 0.0711. The van der Waals surface area contributed by atoms with Gasteiger partial charge in [-0.15, -0.1) is 0 Å². The number of carbonyl (C=O) groups is 2. The number of piperidine rings is 1. The topological polar surface area (TPSA) is 58.6 Å². The Morgan fingerprint density at radius 3 is 2.86 bits per heavy atom. The molecule has 1 aliphatic heterocycles. The van der Waals surface area contributed by atoms with Crippen molar-refractivity contribution in [2.75, 3.05) is 25.5 Å². The molecule has 1 saturated heterocycles. The molecule has 0 saturated carbocycles. The Bertz CT molecular complexity index is 562. The highest BCUT2D eigenvalue weighted by molar-refractivity contribution is 6.33. The summed E-state index contributed by atoms with van der Waals surface area (Å²) in [6.07, 6.45) is 3.29. The van der Waals surface area contributed by atoms with E-state index < -0.39 is 5.97 Å². The smallest absolute Gasteiger partial charge is 0.339 e. The highest BCUT2D eigenvalue weighted by atomic mass is 35.5. The second-order valence-electron chi connectivity index (χ2n) is 5.47. The standard InChI is InChI=1S/C16H21ClN2O3/c1-11-5-3-4-8-19(11)15(20)10-18-12-6-7-14(17)13(9-12)16(21)22-2/h6-7,9,11,18H,3-5,8,10H2,1-2H3/t11-/m1/s1. The van der Waals surface area contributed by atoms with E-state index in [1.54, 1.807) is 18.2 Å². The molecule has 1 heterocycles. The number of likely N-dealkylation sites (tertiary alicyclic amines) is 1. The average Bonchev–Trinajstić information content (AvgIpc) is 2.53. The molecule has 2 rings (SSSR count). The predicted molar refractivity (Wildman–Crippen MR) is 86.3 cm³/mol. The van der Waals surface area contributed by atoms with Gasteiger partial charge in [0.25, 0.3) is 0 Å². The number of anilines is 1. The third kappa shape index (κ3) is 3.91. The number of esters is 1. The van der Waals surface area contributed by atoms with E-state index in [9.17, 15) is 9.59 Å². The zero-order valence-corrected chi connectivity index (χ0v) is 13.7. The van der Waals surface area contributed by atoms with Gasteiger partial charge >= 0.3 is 5.97 Å². The average molecular weight is 325 g/mol. The fourth-order valence-electron chi connectivity index (χ4n) is 2.65. The van der Waals surface area contributed by atoms with Gasteiger partial charge in [-0.1, -0.05) is 11.6 Å². The van der Waals surface area contributed by atoms with E-state index in [1.165, 1.54) is 13.5 Å². The maximum atomic E-state index is 12.3. The summed E-state index contributed by atoms with van der Waals surface area (Å²) in [7, 11) is 1.31. The van der Waals surface area contributed by atoms with Gasteiger partial charge in [-0.3, -0.25) is 4.79 Å². The van der Waals surface area contributed by atoms with Crippen LogP contribution in [0.15, 0.2) is 18.2 Å². The van der Waals surface area contributed by atoms with Gasteiger partial charge in [-0.2, -0.15) is 0 Å². The van der Waals surface area contributed by atoms with Crippen molar-refractivity contribution in [2.24, 2.45) is 0 Å². The van der Waals surface area contributed by atoms with Crippen molar-refractivity contribution in [3.8, 4) is 0 Å². The highest BCUT2D eigenvalue weighted by Gasteiger charge is 2.22. The van der Waals surface area contributed by atoms with E-state index in [1.807, 2.05) is 4.90 Å². The van der Waals surface area contributed by atoms with Crippen LogP contribution in [0.5, 0.6) is 0 Å². The highest BCUT2D eigenvalue weighted by Crippen LogP contribution is 2.22. The lowest BCUT2D eigenvalue weighted by Crippen LogP contribution is -2.44. The number of methoxy groups -OCH3 is 1. The third-order valence-electron chi connectivity index (χ3n) is 3.94. The molecule has 5 nitrogen and oxygen atoms in total. The zero-order valence-electron chi connectivity index (χ0n) is 12.9. The van der Waals surface area contributed by atoms with E-state index >= 15 is 0 Å². The Morgan fingerprint density at radius 1 is 1.41 bits per heavy atom. The van der Waals surface area contributed by atoms with Gasteiger partial charge in [-0.25, -0.2) is 4.79 Å². The molecule has 1 aromatic carbocycles. The second kappa shape index (κ2) is 7.49. The minimum Gasteiger partial charge on any atom is -0.465 e. The summed E-state index contributed by atoms with van der Waals surface area (Å²) in [6.45, 7) is 3.09. The number of hydrogen-bond acceptors (Lipinski definition) is 4. The van der Waals surface area contributed by atoms with Crippen LogP contribution in [0.1, 0.15) is 36.5 Å². The molecule has 0 bridgehead atoms. The van der Waals surface area contributed by atoms with Gasteiger partial charge in [0.2, 0.25) is 5.91 Å². The van der Waals surface area contributed by atoms with Crippen LogP contribution in [0.25, 0.3) is 0 Å². The summed E-state index contributed by atoms with van der Waals surface area (Å²) in [5.74, 6) is -0.425. The fraction of sp³-hybridized carbons (Fsp3) is 0.500. The number of amides is 1. The summed E-state index contributed by atoms with van der Waals surface area (Å²) in [6, 6.07) is 5.24. The summed E-state index contributed by atoms with van der Waals surface area (Å²) in [4.78, 5) is 25.8. The van der Waals surface area contributed by atoms with Crippen LogP contribution in [-0.2, 0) is 9.53 Å². The fourth-order valence-corrected chi connectivity index (χ4v) is 2.84. The maximum absolute atomic E-state index is 12.3. The molecule has 1 fully saturated rings. The molecule has 0 aliphatic carbocycles. The molecule has 0 spiro atoms. The third-order valence-corrected chi connectivity index (χ3v) is 4.27. The predicted octanol–water partition coefficient (Wildman–Crippen LogP) is 2.94. The molecular formula is C16H21ClN2O3. The number of nitrogens with zero attached hydrogens (tertiary/aromatic N) is 1. The summed E-state index contributed by atoms with van der Waals surface area (Å²) >= 11 is 5.97. The van der Waals surface area contributed by atoms with Crippen LogP contribution >= 0.6 is 11.6 Å². The van der Waals surface area contributed by atoms with Crippen molar-refractivity contribution in [3.63, 3.8) is 0 Å². The molecule has 1 atom stereocenters. The van der Waals surface area contributed by atoms with E-state index in [4.69, 9.17) is 11.6 Å². The molecule has 1 aliphatic rings. The van der Waals surface area contributed by atoms with Crippen molar-refractivity contribution in [1.29, 1.82) is 0 Å². The molecule has 1 aromatic rings. The molecular weight excluding hydrogens is 304 g/mol.